The normalized spacial score (nSPS) is 14.8. The van der Waals surface area contributed by atoms with Crippen LogP contribution in [0.4, 0.5) is 0 Å². The first-order chi connectivity index (χ1) is 12.3. The molecular weight excluding hydrogens is 437 g/mol. The number of benzene rings is 1. The minimum atomic E-state index is 0. The van der Waals surface area contributed by atoms with E-state index in [0.717, 1.165) is 44.1 Å². The number of aryl methyl sites for hydroxylation is 1. The Balaban J connectivity index is 0.00000243. The molecule has 0 unspecified atom stereocenters. The number of likely N-dealkylation sites (tertiary alicyclic amines) is 1. The van der Waals surface area contributed by atoms with Crippen LogP contribution in [0.3, 0.4) is 0 Å². The molecule has 0 radical (unpaired) electrons. The summed E-state index contributed by atoms with van der Waals surface area (Å²) >= 11 is 0. The predicted octanol–water partition coefficient (Wildman–Crippen LogP) is 3.68. The average Bonchev–Trinajstić information content (AvgIpc) is 3.05. The van der Waals surface area contributed by atoms with Crippen LogP contribution in [0.2, 0.25) is 0 Å². The predicted molar refractivity (Wildman–Crippen MR) is 119 cm³/mol. The second-order valence-electron chi connectivity index (χ2n) is 6.32. The monoisotopic (exact) mass is 465 g/mol. The number of hydrogen-bond acceptors (Lipinski definition) is 2. The van der Waals surface area contributed by atoms with Crippen molar-refractivity contribution < 1.29 is 0 Å². The fourth-order valence-electron chi connectivity index (χ4n) is 3.07. The van der Waals surface area contributed by atoms with Crippen LogP contribution in [0.1, 0.15) is 31.0 Å². The van der Waals surface area contributed by atoms with E-state index < -0.39 is 0 Å². The van der Waals surface area contributed by atoms with Gasteiger partial charge in [-0.05, 0) is 31.4 Å². The fraction of sp³-hybridized carbons (Fsp3) is 0.400. The van der Waals surface area contributed by atoms with Crippen molar-refractivity contribution in [1.29, 1.82) is 0 Å². The van der Waals surface area contributed by atoms with Crippen LogP contribution in [0.15, 0.2) is 53.2 Å². The van der Waals surface area contributed by atoms with Crippen molar-refractivity contribution in [3.8, 4) is 0 Å². The summed E-state index contributed by atoms with van der Waals surface area (Å²) in [6.07, 6.45) is 6.33. The second-order valence-corrected chi connectivity index (χ2v) is 6.32. The number of rotatable bonds is 4. The molecule has 1 aromatic carbocycles. The number of nitrogens with one attached hydrogen (secondary N) is 1. The van der Waals surface area contributed by atoms with Gasteiger partial charge in [0, 0.05) is 32.9 Å². The first kappa shape index (κ1) is 20.5. The maximum atomic E-state index is 4.80. The number of halogens is 1. The molecule has 0 saturated carbocycles. The quantitative estimate of drug-likeness (QED) is 0.426. The molecule has 2 heterocycles. The summed E-state index contributed by atoms with van der Waals surface area (Å²) in [5, 5.41) is 7.63. The second kappa shape index (κ2) is 10.4. The van der Waals surface area contributed by atoms with Gasteiger partial charge in [-0.1, -0.05) is 42.0 Å². The van der Waals surface area contributed by atoms with Crippen molar-refractivity contribution >= 4 is 36.0 Å². The van der Waals surface area contributed by atoms with Crippen LogP contribution in [-0.2, 0) is 13.6 Å². The van der Waals surface area contributed by atoms with E-state index in [4.69, 9.17) is 4.99 Å². The lowest BCUT2D eigenvalue weighted by Gasteiger charge is -2.31. The zero-order valence-electron chi connectivity index (χ0n) is 15.6. The van der Waals surface area contributed by atoms with Crippen LogP contribution in [0.25, 0.3) is 6.08 Å². The molecule has 6 heteroatoms. The Bertz CT molecular complexity index is 726. The molecule has 1 fully saturated rings. The smallest absolute Gasteiger partial charge is 0.194 e. The Morgan fingerprint density at radius 2 is 1.92 bits per heavy atom. The zero-order valence-corrected chi connectivity index (χ0v) is 17.9. The molecule has 2 aromatic rings. The summed E-state index contributed by atoms with van der Waals surface area (Å²) in [5.74, 6) is 1.00. The molecular formula is C20H28IN5. The molecule has 1 aliphatic rings. The summed E-state index contributed by atoms with van der Waals surface area (Å²) in [6, 6.07) is 12.6. The molecule has 1 aliphatic heterocycles. The van der Waals surface area contributed by atoms with Crippen LogP contribution < -0.4 is 5.32 Å². The summed E-state index contributed by atoms with van der Waals surface area (Å²) < 4.78 is 1.88. The molecule has 1 N–H and O–H groups in total. The third kappa shape index (κ3) is 5.59. The van der Waals surface area contributed by atoms with E-state index in [1.165, 1.54) is 11.1 Å². The van der Waals surface area contributed by atoms with Gasteiger partial charge >= 0.3 is 0 Å². The van der Waals surface area contributed by atoms with Gasteiger partial charge in [-0.3, -0.25) is 4.68 Å². The molecule has 1 aromatic heterocycles. The van der Waals surface area contributed by atoms with E-state index in [1.807, 2.05) is 24.0 Å². The van der Waals surface area contributed by atoms with Crippen LogP contribution in [0, 0.1) is 0 Å². The van der Waals surface area contributed by atoms with Gasteiger partial charge in [-0.15, -0.1) is 24.0 Å². The average molecular weight is 465 g/mol. The summed E-state index contributed by atoms with van der Waals surface area (Å²) in [7, 11) is 1.96. The third-order valence-electron chi connectivity index (χ3n) is 4.52. The van der Waals surface area contributed by atoms with Gasteiger partial charge in [0.2, 0.25) is 0 Å². The third-order valence-corrected chi connectivity index (χ3v) is 4.52. The Hall–Kier alpha value is -1.83. The number of guanidine groups is 1. The van der Waals surface area contributed by atoms with Crippen molar-refractivity contribution in [2.45, 2.75) is 26.3 Å². The maximum Gasteiger partial charge on any atom is 0.194 e. The molecule has 1 saturated heterocycles. The maximum absolute atomic E-state index is 4.80. The Kier molecular flexibility index (Phi) is 8.15. The molecule has 0 bridgehead atoms. The van der Waals surface area contributed by atoms with Gasteiger partial charge in [0.15, 0.2) is 5.96 Å². The molecule has 0 atom stereocenters. The van der Waals surface area contributed by atoms with Crippen molar-refractivity contribution in [2.24, 2.45) is 12.0 Å². The Morgan fingerprint density at radius 3 is 2.54 bits per heavy atom. The van der Waals surface area contributed by atoms with E-state index in [9.17, 15) is 0 Å². The van der Waals surface area contributed by atoms with Gasteiger partial charge in [-0.2, -0.15) is 5.10 Å². The molecule has 5 nitrogen and oxygen atoms in total. The Morgan fingerprint density at radius 1 is 1.19 bits per heavy atom. The van der Waals surface area contributed by atoms with Gasteiger partial charge in [-0.25, -0.2) is 4.99 Å². The van der Waals surface area contributed by atoms with Crippen molar-refractivity contribution in [1.82, 2.24) is 20.0 Å². The number of nitrogens with zero attached hydrogens (tertiary/aromatic N) is 4. The molecule has 0 aliphatic carbocycles. The minimum absolute atomic E-state index is 0. The first-order valence-corrected chi connectivity index (χ1v) is 9.01. The highest BCUT2D eigenvalue weighted by Crippen LogP contribution is 2.19. The minimum Gasteiger partial charge on any atom is -0.357 e. The highest BCUT2D eigenvalue weighted by atomic mass is 127. The largest absolute Gasteiger partial charge is 0.357 e. The SMILES string of the molecule is CCNC(=NCc1ccnn1C)N1CCC(=Cc2ccccc2)CC1.I. The topological polar surface area (TPSA) is 45.5 Å². The lowest BCUT2D eigenvalue weighted by molar-refractivity contribution is 0.375. The van der Waals surface area contributed by atoms with E-state index >= 15 is 0 Å². The number of piperidine rings is 1. The van der Waals surface area contributed by atoms with Crippen LogP contribution in [0.5, 0.6) is 0 Å². The standard InChI is InChI=1S/C20H27N5.HI/c1-3-21-20(22-16-19-9-12-23-24(19)2)25-13-10-18(11-14-25)15-17-7-5-4-6-8-17;/h4-9,12,15H,3,10-11,13-14,16H2,1-2H3,(H,21,22);1H. The van der Waals surface area contributed by atoms with Gasteiger partial charge in [0.05, 0.1) is 12.2 Å². The van der Waals surface area contributed by atoms with E-state index in [-0.39, 0.29) is 24.0 Å². The van der Waals surface area contributed by atoms with Gasteiger partial charge in [0.25, 0.3) is 0 Å². The summed E-state index contributed by atoms with van der Waals surface area (Å²) in [6.45, 7) is 5.67. The number of aromatic nitrogens is 2. The molecule has 26 heavy (non-hydrogen) atoms. The Labute approximate surface area is 173 Å². The highest BCUT2D eigenvalue weighted by Gasteiger charge is 2.17. The van der Waals surface area contributed by atoms with E-state index in [2.05, 4.69) is 58.6 Å². The van der Waals surface area contributed by atoms with E-state index in [0.29, 0.717) is 6.54 Å². The van der Waals surface area contributed by atoms with Crippen molar-refractivity contribution in [3.63, 3.8) is 0 Å². The van der Waals surface area contributed by atoms with Gasteiger partial charge < -0.3 is 10.2 Å². The van der Waals surface area contributed by atoms with Gasteiger partial charge in [0.1, 0.15) is 0 Å². The first-order valence-electron chi connectivity index (χ1n) is 9.01. The van der Waals surface area contributed by atoms with Crippen LogP contribution >= 0.6 is 24.0 Å². The lowest BCUT2D eigenvalue weighted by atomic mass is 10.0. The summed E-state index contributed by atoms with van der Waals surface area (Å²) in [4.78, 5) is 7.16. The molecule has 0 spiro atoms. The van der Waals surface area contributed by atoms with Crippen molar-refractivity contribution in [3.05, 3.63) is 59.4 Å². The van der Waals surface area contributed by atoms with Crippen molar-refractivity contribution in [2.75, 3.05) is 19.6 Å². The number of hydrogen-bond donors (Lipinski definition) is 1. The highest BCUT2D eigenvalue weighted by molar-refractivity contribution is 14.0. The summed E-state index contributed by atoms with van der Waals surface area (Å²) in [5.41, 5.74) is 3.93. The molecule has 3 rings (SSSR count). The van der Waals surface area contributed by atoms with E-state index in [1.54, 1.807) is 0 Å². The number of aliphatic imine (C=N–C) groups is 1. The fourth-order valence-corrected chi connectivity index (χ4v) is 3.07. The zero-order chi connectivity index (χ0) is 17.5. The van der Waals surface area contributed by atoms with Crippen LogP contribution in [-0.4, -0.2) is 40.3 Å². The molecule has 0 amide bonds. The lowest BCUT2D eigenvalue weighted by Crippen LogP contribution is -2.44. The molecule has 140 valence electrons.